The van der Waals surface area contributed by atoms with Gasteiger partial charge in [-0.25, -0.2) is 0 Å². The summed E-state index contributed by atoms with van der Waals surface area (Å²) in [6.07, 6.45) is 3.12. The van der Waals surface area contributed by atoms with E-state index in [0.29, 0.717) is 5.56 Å². The third-order valence-corrected chi connectivity index (χ3v) is 1.48. The molecule has 0 unspecified atom stereocenters. The van der Waals surface area contributed by atoms with Gasteiger partial charge in [0.2, 0.25) is 6.54 Å². The number of primary amides is 2. The molecule has 1 rings (SSSR count). The fourth-order valence-electron chi connectivity index (χ4n) is 0.946. The molecule has 0 aromatic carbocycles. The van der Waals surface area contributed by atoms with E-state index in [4.69, 9.17) is 11.5 Å². The van der Waals surface area contributed by atoms with Crippen LogP contribution in [0.2, 0.25) is 0 Å². The van der Waals surface area contributed by atoms with E-state index in [2.05, 4.69) is 0 Å². The van der Waals surface area contributed by atoms with Crippen LogP contribution < -0.4 is 28.4 Å². The van der Waals surface area contributed by atoms with E-state index in [-0.39, 0.29) is 19.0 Å². The quantitative estimate of drug-likeness (QED) is 0.499. The molecule has 0 aliphatic carbocycles. The SMILES string of the molecule is NC(=O)C[n+]1cccc(C(N)=O)c1.[Cl-]. The fraction of sp³-hybridized carbons (Fsp3) is 0.125. The second-order valence-corrected chi connectivity index (χ2v) is 2.60. The van der Waals surface area contributed by atoms with E-state index in [0.717, 1.165) is 0 Å². The number of carbonyl (C=O) groups is 2. The molecule has 4 N–H and O–H groups in total. The highest BCUT2D eigenvalue weighted by atomic mass is 35.5. The summed E-state index contributed by atoms with van der Waals surface area (Å²) in [6.45, 7) is 0.0428. The van der Waals surface area contributed by atoms with Crippen molar-refractivity contribution in [2.45, 2.75) is 6.54 Å². The minimum absolute atomic E-state index is 0. The zero-order valence-electron chi connectivity index (χ0n) is 7.31. The minimum atomic E-state index is -0.529. The van der Waals surface area contributed by atoms with Crippen LogP contribution in [0, 0.1) is 0 Å². The maximum absolute atomic E-state index is 10.7. The van der Waals surface area contributed by atoms with Gasteiger partial charge >= 0.3 is 0 Å². The van der Waals surface area contributed by atoms with Crippen LogP contribution in [0.15, 0.2) is 24.5 Å². The predicted molar refractivity (Wildman–Crippen MR) is 44.3 cm³/mol. The van der Waals surface area contributed by atoms with Crippen LogP contribution >= 0.6 is 0 Å². The maximum Gasteiger partial charge on any atom is 0.283 e. The number of nitrogens with two attached hydrogens (primary N) is 2. The van der Waals surface area contributed by atoms with Crippen LogP contribution in [0.3, 0.4) is 0 Å². The number of amides is 2. The van der Waals surface area contributed by atoms with Gasteiger partial charge in [0.05, 0.1) is 0 Å². The van der Waals surface area contributed by atoms with Gasteiger partial charge in [0.1, 0.15) is 5.56 Å². The molecule has 5 nitrogen and oxygen atoms in total. The summed E-state index contributed by atoms with van der Waals surface area (Å²) in [6, 6.07) is 3.20. The van der Waals surface area contributed by atoms with Gasteiger partial charge in [0.15, 0.2) is 12.4 Å². The third-order valence-electron chi connectivity index (χ3n) is 1.48. The van der Waals surface area contributed by atoms with Crippen LogP contribution in [0.25, 0.3) is 0 Å². The van der Waals surface area contributed by atoms with Crippen molar-refractivity contribution in [2.75, 3.05) is 0 Å². The normalized spacial score (nSPS) is 8.86. The molecule has 0 bridgehead atoms. The average Bonchev–Trinajstić information content (AvgIpc) is 2.03. The smallest absolute Gasteiger partial charge is 0.283 e. The highest BCUT2D eigenvalue weighted by Crippen LogP contribution is 1.91. The zero-order valence-corrected chi connectivity index (χ0v) is 8.07. The van der Waals surface area contributed by atoms with Gasteiger partial charge in [-0.1, -0.05) is 0 Å². The standard InChI is InChI=1S/C8H9N3O2.ClH/c9-7(12)5-11-3-1-2-6(4-11)8(10)13;/h1-4H,5H2,(H3-,9,10,12,13);1H. The van der Waals surface area contributed by atoms with E-state index in [1.807, 2.05) is 0 Å². The van der Waals surface area contributed by atoms with Gasteiger partial charge in [-0.15, -0.1) is 0 Å². The largest absolute Gasteiger partial charge is 1.00 e. The van der Waals surface area contributed by atoms with E-state index in [9.17, 15) is 9.59 Å². The van der Waals surface area contributed by atoms with Gasteiger partial charge in [-0.05, 0) is 6.07 Å². The highest BCUT2D eigenvalue weighted by molar-refractivity contribution is 5.92. The van der Waals surface area contributed by atoms with Gasteiger partial charge in [-0.2, -0.15) is 4.57 Å². The summed E-state index contributed by atoms with van der Waals surface area (Å²) in [5, 5.41) is 0. The van der Waals surface area contributed by atoms with Gasteiger partial charge in [0, 0.05) is 6.07 Å². The van der Waals surface area contributed by atoms with E-state index >= 15 is 0 Å². The average molecular weight is 216 g/mol. The number of carbonyl (C=O) groups excluding carboxylic acids is 2. The number of nitrogens with zero attached hydrogens (tertiary/aromatic N) is 1. The third kappa shape index (κ3) is 3.40. The van der Waals surface area contributed by atoms with E-state index in [1.165, 1.54) is 10.8 Å². The molecule has 0 radical (unpaired) electrons. The van der Waals surface area contributed by atoms with E-state index < -0.39 is 11.8 Å². The lowest BCUT2D eigenvalue weighted by atomic mass is 10.3. The molecule has 2 amide bonds. The Bertz CT molecular complexity index is 354. The first-order valence-corrected chi connectivity index (χ1v) is 3.67. The number of rotatable bonds is 3. The van der Waals surface area contributed by atoms with Crippen molar-refractivity contribution >= 4 is 11.8 Å². The number of halogens is 1. The molecule has 1 aromatic heterocycles. The highest BCUT2D eigenvalue weighted by Gasteiger charge is 2.08. The van der Waals surface area contributed by atoms with Crippen LogP contribution in [0.5, 0.6) is 0 Å². The lowest BCUT2D eigenvalue weighted by molar-refractivity contribution is -0.684. The lowest BCUT2D eigenvalue weighted by Crippen LogP contribution is -3.00. The monoisotopic (exact) mass is 215 g/mol. The molecule has 0 aliphatic heterocycles. The summed E-state index contributed by atoms with van der Waals surface area (Å²) in [5.41, 5.74) is 10.4. The van der Waals surface area contributed by atoms with Crippen molar-refractivity contribution in [3.05, 3.63) is 30.1 Å². The van der Waals surface area contributed by atoms with Gasteiger partial charge in [-0.3, -0.25) is 9.59 Å². The number of pyridine rings is 1. The Hall–Kier alpha value is -1.62. The molecule has 0 atom stereocenters. The number of hydrogen-bond acceptors (Lipinski definition) is 2. The Balaban J connectivity index is 0.00000169. The number of aromatic nitrogens is 1. The summed E-state index contributed by atoms with van der Waals surface area (Å²) in [4.78, 5) is 21.3. The molecule has 0 spiro atoms. The van der Waals surface area contributed by atoms with Crippen LogP contribution in [-0.2, 0) is 11.3 Å². The Labute approximate surface area is 87.1 Å². The second kappa shape index (κ2) is 5.18. The first-order valence-electron chi connectivity index (χ1n) is 3.67. The molecule has 0 aliphatic rings. The molecule has 14 heavy (non-hydrogen) atoms. The summed E-state index contributed by atoms with van der Waals surface area (Å²) < 4.78 is 1.50. The van der Waals surface area contributed by atoms with Crippen molar-refractivity contribution < 1.29 is 26.6 Å². The molecular weight excluding hydrogens is 206 g/mol. The van der Waals surface area contributed by atoms with Crippen LogP contribution in [0.1, 0.15) is 10.4 Å². The predicted octanol–water partition coefficient (Wildman–Crippen LogP) is -4.44. The molecule has 0 saturated heterocycles. The summed E-state index contributed by atoms with van der Waals surface area (Å²) in [5.74, 6) is -0.995. The second-order valence-electron chi connectivity index (χ2n) is 2.60. The fourth-order valence-corrected chi connectivity index (χ4v) is 0.946. The first kappa shape index (κ1) is 12.4. The molecule has 0 fully saturated rings. The maximum atomic E-state index is 10.7. The Morgan fingerprint density at radius 1 is 1.36 bits per heavy atom. The molecule has 1 heterocycles. The molecule has 0 saturated carbocycles. The Morgan fingerprint density at radius 3 is 2.50 bits per heavy atom. The molecule has 6 heteroatoms. The van der Waals surface area contributed by atoms with Crippen molar-refractivity contribution in [1.29, 1.82) is 0 Å². The molecule has 76 valence electrons. The Kier molecular flexibility index (Phi) is 4.58. The lowest BCUT2D eigenvalue weighted by Gasteiger charge is -1.94. The summed E-state index contributed by atoms with van der Waals surface area (Å²) in [7, 11) is 0. The van der Waals surface area contributed by atoms with Crippen molar-refractivity contribution in [3.63, 3.8) is 0 Å². The Morgan fingerprint density at radius 2 is 2.00 bits per heavy atom. The number of hydrogen-bond donors (Lipinski definition) is 2. The van der Waals surface area contributed by atoms with Crippen molar-refractivity contribution in [1.82, 2.24) is 0 Å². The minimum Gasteiger partial charge on any atom is -1.00 e. The zero-order chi connectivity index (χ0) is 9.84. The molecular formula is C8H10ClN3O2. The molecule has 1 aromatic rings. The summed E-state index contributed by atoms with van der Waals surface area (Å²) >= 11 is 0. The van der Waals surface area contributed by atoms with Crippen molar-refractivity contribution in [2.24, 2.45) is 11.5 Å². The first-order chi connectivity index (χ1) is 6.09. The van der Waals surface area contributed by atoms with Crippen LogP contribution in [-0.4, -0.2) is 11.8 Å². The van der Waals surface area contributed by atoms with Crippen LogP contribution in [0.4, 0.5) is 0 Å². The van der Waals surface area contributed by atoms with Crippen molar-refractivity contribution in [3.8, 4) is 0 Å². The topological polar surface area (TPSA) is 90.1 Å². The van der Waals surface area contributed by atoms with Gasteiger partial charge < -0.3 is 23.9 Å². The van der Waals surface area contributed by atoms with Gasteiger partial charge in [0.25, 0.3) is 11.8 Å². The van der Waals surface area contributed by atoms with E-state index in [1.54, 1.807) is 18.3 Å².